The molecule has 0 aliphatic carbocycles. The summed E-state index contributed by atoms with van der Waals surface area (Å²) in [4.78, 5) is 43.7. The van der Waals surface area contributed by atoms with Gasteiger partial charge in [-0.3, -0.25) is 9.59 Å². The fraction of sp³-hybridized carbons (Fsp3) is 0.529. The van der Waals surface area contributed by atoms with Gasteiger partial charge in [0.05, 0.1) is 25.9 Å². The molecule has 0 saturated carbocycles. The van der Waals surface area contributed by atoms with Crippen molar-refractivity contribution in [3.63, 3.8) is 0 Å². The first-order valence-corrected chi connectivity index (χ1v) is 10.2. The third-order valence-electron chi connectivity index (χ3n) is 4.41. The van der Waals surface area contributed by atoms with Gasteiger partial charge in [-0.25, -0.2) is 4.79 Å². The molecule has 1 atom stereocenters. The standard InChI is InChI=1S/C17H21N3O5S2/c1-9-10(2)26-15(13(9)16(23)24-3)18-12(21)8-11-14(22)19-17(27-11)20-4-6-25-7-5-20/h11H,4-8H2,1-3H3,(H,18,21)/t11-/m0/s1. The molecule has 0 spiro atoms. The first kappa shape index (κ1) is 19.8. The van der Waals surface area contributed by atoms with Gasteiger partial charge in [0.15, 0.2) is 5.17 Å². The number of esters is 1. The lowest BCUT2D eigenvalue weighted by molar-refractivity contribution is -0.121. The smallest absolute Gasteiger partial charge is 0.341 e. The van der Waals surface area contributed by atoms with E-state index in [2.05, 4.69) is 10.3 Å². The van der Waals surface area contributed by atoms with Gasteiger partial charge in [-0.05, 0) is 19.4 Å². The number of thiophene rings is 1. The van der Waals surface area contributed by atoms with E-state index in [0.29, 0.717) is 42.0 Å². The quantitative estimate of drug-likeness (QED) is 0.755. The van der Waals surface area contributed by atoms with Crippen LogP contribution in [-0.4, -0.2) is 66.5 Å². The number of ether oxygens (including phenoxy) is 2. The highest BCUT2D eigenvalue weighted by Gasteiger charge is 2.34. The first-order valence-electron chi connectivity index (χ1n) is 8.50. The molecule has 1 saturated heterocycles. The molecule has 3 heterocycles. The lowest BCUT2D eigenvalue weighted by atomic mass is 10.1. The number of amidine groups is 1. The first-order chi connectivity index (χ1) is 12.9. The molecule has 2 aliphatic rings. The zero-order valence-corrected chi connectivity index (χ0v) is 17.0. The molecular formula is C17H21N3O5S2. The number of nitrogens with zero attached hydrogens (tertiary/aromatic N) is 2. The van der Waals surface area contributed by atoms with Crippen LogP contribution >= 0.6 is 23.1 Å². The number of aryl methyl sites for hydroxylation is 1. The van der Waals surface area contributed by atoms with E-state index < -0.39 is 11.2 Å². The summed E-state index contributed by atoms with van der Waals surface area (Å²) >= 11 is 2.63. The number of thioether (sulfide) groups is 1. The van der Waals surface area contributed by atoms with Crippen LogP contribution in [0.3, 0.4) is 0 Å². The van der Waals surface area contributed by atoms with Crippen LogP contribution in [0.5, 0.6) is 0 Å². The van der Waals surface area contributed by atoms with Gasteiger partial charge in [0.2, 0.25) is 5.91 Å². The maximum Gasteiger partial charge on any atom is 0.341 e. The summed E-state index contributed by atoms with van der Waals surface area (Å²) in [6.45, 7) is 6.27. The van der Waals surface area contributed by atoms with E-state index in [-0.39, 0.29) is 18.2 Å². The zero-order valence-electron chi connectivity index (χ0n) is 15.4. The van der Waals surface area contributed by atoms with Crippen molar-refractivity contribution < 1.29 is 23.9 Å². The Morgan fingerprint density at radius 3 is 2.70 bits per heavy atom. The van der Waals surface area contributed by atoms with Gasteiger partial charge in [0, 0.05) is 24.4 Å². The Kier molecular flexibility index (Phi) is 6.18. The third kappa shape index (κ3) is 4.33. The Hall–Kier alpha value is -1.91. The number of nitrogens with one attached hydrogen (secondary N) is 1. The third-order valence-corrected chi connectivity index (χ3v) is 6.74. The number of aliphatic imine (C=N–C) groups is 1. The molecule has 146 valence electrons. The average molecular weight is 412 g/mol. The molecular weight excluding hydrogens is 390 g/mol. The topological polar surface area (TPSA) is 97.3 Å². The maximum atomic E-state index is 12.5. The molecule has 0 radical (unpaired) electrons. The molecule has 0 bridgehead atoms. The van der Waals surface area contributed by atoms with E-state index in [0.717, 1.165) is 10.4 Å². The number of rotatable bonds is 4. The Morgan fingerprint density at radius 2 is 2.04 bits per heavy atom. The van der Waals surface area contributed by atoms with Crippen LogP contribution < -0.4 is 5.32 Å². The number of methoxy groups -OCH3 is 1. The van der Waals surface area contributed by atoms with Crippen molar-refractivity contribution in [3.05, 3.63) is 16.0 Å². The lowest BCUT2D eigenvalue weighted by Crippen LogP contribution is -2.39. The summed E-state index contributed by atoms with van der Waals surface area (Å²) in [5.74, 6) is -1.12. The van der Waals surface area contributed by atoms with Crippen molar-refractivity contribution in [2.75, 3.05) is 38.7 Å². The van der Waals surface area contributed by atoms with E-state index in [4.69, 9.17) is 9.47 Å². The van der Waals surface area contributed by atoms with E-state index in [1.807, 2.05) is 18.7 Å². The molecule has 2 amide bonds. The summed E-state index contributed by atoms with van der Waals surface area (Å²) in [6, 6.07) is 0. The second-order valence-electron chi connectivity index (χ2n) is 6.17. The van der Waals surface area contributed by atoms with Crippen LogP contribution in [0.1, 0.15) is 27.2 Å². The van der Waals surface area contributed by atoms with Crippen LogP contribution in [0.15, 0.2) is 4.99 Å². The predicted octanol–water partition coefficient (Wildman–Crippen LogP) is 1.81. The molecule has 0 unspecified atom stereocenters. The SMILES string of the molecule is COC(=O)c1c(NC(=O)C[C@@H]2SC(N3CCOCC3)=NC2=O)sc(C)c1C. The van der Waals surface area contributed by atoms with Crippen molar-refractivity contribution in [3.8, 4) is 0 Å². The molecule has 3 rings (SSSR count). The second kappa shape index (κ2) is 8.41. The van der Waals surface area contributed by atoms with Crippen molar-refractivity contribution in [1.82, 2.24) is 4.90 Å². The molecule has 1 fully saturated rings. The van der Waals surface area contributed by atoms with Crippen LogP contribution in [0.2, 0.25) is 0 Å². The van der Waals surface area contributed by atoms with Crippen molar-refractivity contribution in [2.24, 2.45) is 4.99 Å². The molecule has 1 aromatic rings. The highest BCUT2D eigenvalue weighted by molar-refractivity contribution is 8.15. The number of carbonyl (C=O) groups excluding carboxylic acids is 3. The molecule has 0 aromatic carbocycles. The average Bonchev–Trinajstić information content (AvgIpc) is 3.15. The van der Waals surface area contributed by atoms with E-state index >= 15 is 0 Å². The number of hydrogen-bond acceptors (Lipinski definition) is 8. The number of anilines is 1. The minimum absolute atomic E-state index is 0.00253. The summed E-state index contributed by atoms with van der Waals surface area (Å²) in [5.41, 5.74) is 1.15. The van der Waals surface area contributed by atoms with Crippen LogP contribution in [0.25, 0.3) is 0 Å². The Bertz CT molecular complexity index is 799. The summed E-state index contributed by atoms with van der Waals surface area (Å²) in [5, 5.41) is 3.31. The van der Waals surface area contributed by atoms with Crippen molar-refractivity contribution >= 4 is 51.1 Å². The predicted molar refractivity (Wildman–Crippen MR) is 105 cm³/mol. The van der Waals surface area contributed by atoms with E-state index in [9.17, 15) is 14.4 Å². The van der Waals surface area contributed by atoms with Gasteiger partial charge in [-0.15, -0.1) is 11.3 Å². The number of carbonyl (C=O) groups is 3. The van der Waals surface area contributed by atoms with Gasteiger partial charge < -0.3 is 19.7 Å². The van der Waals surface area contributed by atoms with Crippen LogP contribution in [0.4, 0.5) is 5.00 Å². The van der Waals surface area contributed by atoms with E-state index in [1.54, 1.807) is 0 Å². The number of morpholine rings is 1. The second-order valence-corrected chi connectivity index (χ2v) is 8.56. The minimum atomic E-state index is -0.549. The molecule has 8 nitrogen and oxygen atoms in total. The van der Waals surface area contributed by atoms with Gasteiger partial charge in [-0.1, -0.05) is 11.8 Å². The number of amides is 2. The van der Waals surface area contributed by atoms with Gasteiger partial charge >= 0.3 is 5.97 Å². The summed E-state index contributed by atoms with van der Waals surface area (Å²) in [7, 11) is 1.30. The Labute approximate surface area is 165 Å². The molecule has 2 aliphatic heterocycles. The van der Waals surface area contributed by atoms with E-state index in [1.165, 1.54) is 30.2 Å². The zero-order chi connectivity index (χ0) is 19.6. The fourth-order valence-electron chi connectivity index (χ4n) is 2.81. The monoisotopic (exact) mass is 411 g/mol. The molecule has 1 aromatic heterocycles. The van der Waals surface area contributed by atoms with Gasteiger partial charge in [0.25, 0.3) is 5.91 Å². The fourth-order valence-corrected chi connectivity index (χ4v) is 4.99. The lowest BCUT2D eigenvalue weighted by Gasteiger charge is -2.27. The minimum Gasteiger partial charge on any atom is -0.465 e. The maximum absolute atomic E-state index is 12.5. The Morgan fingerprint density at radius 1 is 1.33 bits per heavy atom. The van der Waals surface area contributed by atoms with Crippen LogP contribution in [0, 0.1) is 13.8 Å². The Balaban J connectivity index is 1.63. The summed E-state index contributed by atoms with van der Waals surface area (Å²) in [6.07, 6.45) is -0.00253. The summed E-state index contributed by atoms with van der Waals surface area (Å²) < 4.78 is 10.1. The largest absolute Gasteiger partial charge is 0.465 e. The number of hydrogen-bond donors (Lipinski definition) is 1. The van der Waals surface area contributed by atoms with Gasteiger partial charge in [0.1, 0.15) is 10.3 Å². The van der Waals surface area contributed by atoms with Gasteiger partial charge in [-0.2, -0.15) is 4.99 Å². The molecule has 10 heteroatoms. The molecule has 1 N–H and O–H groups in total. The highest BCUT2D eigenvalue weighted by Crippen LogP contribution is 2.34. The van der Waals surface area contributed by atoms with Crippen LogP contribution in [-0.2, 0) is 19.1 Å². The van der Waals surface area contributed by atoms with Crippen molar-refractivity contribution in [2.45, 2.75) is 25.5 Å². The normalized spacial score (nSPS) is 19.8. The highest BCUT2D eigenvalue weighted by atomic mass is 32.2. The molecule has 27 heavy (non-hydrogen) atoms. The van der Waals surface area contributed by atoms with Crippen molar-refractivity contribution in [1.29, 1.82) is 0 Å².